The van der Waals surface area contributed by atoms with Crippen LogP contribution in [0.15, 0.2) is 67.1 Å². The van der Waals surface area contributed by atoms with Crippen LogP contribution >= 0.6 is 31.9 Å². The van der Waals surface area contributed by atoms with Gasteiger partial charge in [0, 0.05) is 44.1 Å². The van der Waals surface area contributed by atoms with Gasteiger partial charge < -0.3 is 34.5 Å². The third-order valence-corrected chi connectivity index (χ3v) is 9.75. The number of ether oxygens (including phenoxy) is 4. The average Bonchev–Trinajstić information content (AvgIpc) is 3.14. The summed E-state index contributed by atoms with van der Waals surface area (Å²) >= 11 is 6.12. The number of para-hydroxylation sites is 1. The van der Waals surface area contributed by atoms with Gasteiger partial charge in [0.05, 0.1) is 65.1 Å². The van der Waals surface area contributed by atoms with E-state index in [-0.39, 0.29) is 53.3 Å². The molecule has 16 heteroatoms. The van der Waals surface area contributed by atoms with Crippen LogP contribution < -0.4 is 26.7 Å². The molecule has 3 amide bonds. The van der Waals surface area contributed by atoms with E-state index in [9.17, 15) is 24.0 Å². The van der Waals surface area contributed by atoms with Crippen LogP contribution in [-0.2, 0) is 53.5 Å². The third kappa shape index (κ3) is 12.2. The van der Waals surface area contributed by atoms with Gasteiger partial charge in [-0.2, -0.15) is 0 Å². The molecule has 278 valence electrons. The predicted octanol–water partition coefficient (Wildman–Crippen LogP) is 2.10. The Balaban J connectivity index is 0.968. The number of rotatable bonds is 20. The second-order valence-electron chi connectivity index (χ2n) is 11.4. The molecule has 0 bridgehead atoms. The van der Waals surface area contributed by atoms with E-state index in [1.54, 1.807) is 4.90 Å². The molecule has 52 heavy (non-hydrogen) atoms. The highest BCUT2D eigenvalue weighted by Gasteiger charge is 2.22. The number of fused-ring (bicyclic) bond motifs is 2. The Morgan fingerprint density at radius 3 is 1.87 bits per heavy atom. The van der Waals surface area contributed by atoms with Gasteiger partial charge in [-0.05, 0) is 55.6 Å². The molecule has 0 spiro atoms. The molecule has 2 aromatic carbocycles. The summed E-state index contributed by atoms with van der Waals surface area (Å²) in [4.78, 5) is 64.0. The Bertz CT molecular complexity index is 1890. The Kier molecular flexibility index (Phi) is 16.8. The minimum atomic E-state index is -0.507. The molecule has 1 aliphatic heterocycles. The van der Waals surface area contributed by atoms with Crippen LogP contribution in [0, 0.1) is 11.8 Å². The fourth-order valence-corrected chi connectivity index (χ4v) is 5.80. The topological polar surface area (TPSA) is 159 Å². The van der Waals surface area contributed by atoms with Gasteiger partial charge in [-0.15, -0.1) is 0 Å². The molecule has 14 nitrogen and oxygen atoms in total. The van der Waals surface area contributed by atoms with Gasteiger partial charge in [0.1, 0.15) is 15.5 Å². The highest BCUT2D eigenvalue weighted by atomic mass is 79.9. The second kappa shape index (κ2) is 21.4. The minimum absolute atomic E-state index is 0.0568. The Morgan fingerprint density at radius 1 is 0.692 bits per heavy atom. The van der Waals surface area contributed by atoms with Crippen molar-refractivity contribution in [1.82, 2.24) is 20.0 Å². The molecule has 2 N–H and O–H groups in total. The van der Waals surface area contributed by atoms with Crippen molar-refractivity contribution < 1.29 is 33.3 Å². The van der Waals surface area contributed by atoms with Crippen molar-refractivity contribution in [3.8, 4) is 11.8 Å². The molecular weight excluding hydrogens is 806 g/mol. The maximum absolute atomic E-state index is 13.3. The number of carbonyl (C=O) groups excluding carboxylic acids is 3. The van der Waals surface area contributed by atoms with Crippen LogP contribution in [0.4, 0.5) is 5.69 Å². The summed E-state index contributed by atoms with van der Waals surface area (Å²) in [6.07, 6.45) is 0.132. The largest absolute Gasteiger partial charge is 0.377 e. The second-order valence-corrected chi connectivity index (χ2v) is 13.0. The van der Waals surface area contributed by atoms with Gasteiger partial charge in [-0.25, -0.2) is 9.36 Å². The van der Waals surface area contributed by atoms with Crippen molar-refractivity contribution >= 4 is 55.3 Å². The first-order chi connectivity index (χ1) is 25.2. The lowest BCUT2D eigenvalue weighted by Gasteiger charge is -2.26. The highest BCUT2D eigenvalue weighted by molar-refractivity contribution is 9.13. The van der Waals surface area contributed by atoms with Crippen LogP contribution in [0.25, 0.3) is 0 Å². The smallest absolute Gasteiger partial charge is 0.281 e. The standard InChI is InChI=1S/C36H41Br2N5O9/c1-41-35(47)33(37)34(38)36(48)43(41)25-31(45)40-15-17-50-19-21-52-23-22-51-20-18-49-16-14-39-30(44)12-13-32(46)42-24-28-8-3-2-6-26(28)10-11-27-7-4-5-9-29(27)42/h2-9H,12-25H2,1H3,(H,39,44)(H,40,45). The van der Waals surface area contributed by atoms with Crippen molar-refractivity contribution in [2.75, 3.05) is 70.8 Å². The van der Waals surface area contributed by atoms with Gasteiger partial charge in [-0.3, -0.25) is 24.0 Å². The van der Waals surface area contributed by atoms with Gasteiger partial charge in [0.15, 0.2) is 0 Å². The number of carbonyl (C=O) groups is 3. The highest BCUT2D eigenvalue weighted by Crippen LogP contribution is 2.26. The average molecular weight is 848 g/mol. The first kappa shape index (κ1) is 40.7. The Labute approximate surface area is 318 Å². The van der Waals surface area contributed by atoms with E-state index < -0.39 is 17.0 Å². The van der Waals surface area contributed by atoms with Crippen molar-refractivity contribution in [1.29, 1.82) is 0 Å². The van der Waals surface area contributed by atoms with E-state index in [0.717, 1.165) is 31.7 Å². The number of amides is 3. The zero-order valence-electron chi connectivity index (χ0n) is 28.8. The van der Waals surface area contributed by atoms with E-state index in [1.807, 2.05) is 48.5 Å². The molecule has 1 aromatic heterocycles. The number of aromatic nitrogens is 2. The van der Waals surface area contributed by atoms with Gasteiger partial charge in [0.25, 0.3) is 11.1 Å². The van der Waals surface area contributed by atoms with Gasteiger partial charge >= 0.3 is 0 Å². The summed E-state index contributed by atoms with van der Waals surface area (Å²) in [5.41, 5.74) is 2.39. The fourth-order valence-electron chi connectivity index (χ4n) is 5.00. The van der Waals surface area contributed by atoms with Crippen LogP contribution in [0.2, 0.25) is 0 Å². The summed E-state index contributed by atoms with van der Waals surface area (Å²) in [6.45, 7) is 3.31. The molecule has 0 fully saturated rings. The summed E-state index contributed by atoms with van der Waals surface area (Å²) in [7, 11) is 1.41. The molecule has 0 aliphatic carbocycles. The van der Waals surface area contributed by atoms with Crippen molar-refractivity contribution in [2.24, 2.45) is 7.05 Å². The van der Waals surface area contributed by atoms with Crippen molar-refractivity contribution in [2.45, 2.75) is 25.9 Å². The predicted molar refractivity (Wildman–Crippen MR) is 200 cm³/mol. The molecule has 3 aromatic rings. The maximum atomic E-state index is 13.3. The van der Waals surface area contributed by atoms with Crippen molar-refractivity contribution in [3.63, 3.8) is 0 Å². The number of benzene rings is 2. The van der Waals surface area contributed by atoms with Crippen molar-refractivity contribution in [3.05, 3.63) is 94.9 Å². The van der Waals surface area contributed by atoms with E-state index >= 15 is 0 Å². The fraction of sp³-hybridized carbons (Fsp3) is 0.417. The maximum Gasteiger partial charge on any atom is 0.281 e. The zero-order chi connectivity index (χ0) is 37.3. The van der Waals surface area contributed by atoms with Gasteiger partial charge in [-0.1, -0.05) is 42.2 Å². The summed E-state index contributed by atoms with van der Waals surface area (Å²) in [5, 5.41) is 5.43. The molecule has 4 rings (SSSR count). The van der Waals surface area contributed by atoms with E-state index in [0.29, 0.717) is 59.3 Å². The summed E-state index contributed by atoms with van der Waals surface area (Å²) in [6, 6.07) is 15.3. The molecule has 0 saturated carbocycles. The Morgan fingerprint density at radius 2 is 1.21 bits per heavy atom. The third-order valence-electron chi connectivity index (χ3n) is 7.74. The zero-order valence-corrected chi connectivity index (χ0v) is 32.0. The molecule has 0 radical (unpaired) electrons. The van der Waals surface area contributed by atoms with Crippen LogP contribution in [-0.4, -0.2) is 93.0 Å². The van der Waals surface area contributed by atoms with Gasteiger partial charge in [0.2, 0.25) is 17.7 Å². The lowest BCUT2D eigenvalue weighted by molar-refractivity contribution is -0.125. The van der Waals surface area contributed by atoms with E-state index in [4.69, 9.17) is 18.9 Å². The molecule has 1 aliphatic rings. The normalized spacial score (nSPS) is 11.8. The molecule has 0 saturated heterocycles. The van der Waals surface area contributed by atoms with Crippen LogP contribution in [0.5, 0.6) is 0 Å². The number of nitrogens with zero attached hydrogens (tertiary/aromatic N) is 3. The monoisotopic (exact) mass is 845 g/mol. The molecule has 0 unspecified atom stereocenters. The number of nitrogens with one attached hydrogen (secondary N) is 2. The summed E-state index contributed by atoms with van der Waals surface area (Å²) in [5.74, 6) is 5.57. The quantitative estimate of drug-likeness (QED) is 0.128. The summed E-state index contributed by atoms with van der Waals surface area (Å²) < 4.78 is 24.1. The van der Waals surface area contributed by atoms with Crippen LogP contribution in [0.3, 0.4) is 0 Å². The molecular formula is C36H41Br2N5O9. The lowest BCUT2D eigenvalue weighted by Crippen LogP contribution is -2.42. The van der Waals surface area contributed by atoms with Crippen LogP contribution in [0.1, 0.15) is 29.5 Å². The minimum Gasteiger partial charge on any atom is -0.377 e. The lowest BCUT2D eigenvalue weighted by atomic mass is 10.0. The Hall–Kier alpha value is -4.11. The SMILES string of the molecule is Cn1c(=O)c(Br)c(Br)c(=O)n1CC(=O)NCCOCCOCCOCCOCCNC(=O)CCC(=O)N1Cc2ccccc2C#Cc2ccccc21. The number of anilines is 1. The molecule has 2 heterocycles. The number of hydrogen-bond donors (Lipinski definition) is 2. The number of halogens is 2. The number of hydrogen-bond acceptors (Lipinski definition) is 9. The first-order valence-electron chi connectivity index (χ1n) is 16.7. The van der Waals surface area contributed by atoms with E-state index in [1.165, 1.54) is 7.05 Å². The molecule has 0 atom stereocenters. The first-order valence-corrected chi connectivity index (χ1v) is 18.2. The van der Waals surface area contributed by atoms with E-state index in [2.05, 4.69) is 54.3 Å².